The Labute approximate surface area is 71.4 Å². The minimum absolute atomic E-state index is 0. The fourth-order valence-electron chi connectivity index (χ4n) is 0. The van der Waals surface area contributed by atoms with Crippen molar-refractivity contribution in [3.63, 3.8) is 0 Å². The van der Waals surface area contributed by atoms with Crippen LogP contribution in [0.1, 0.15) is 6.92 Å². The van der Waals surface area contributed by atoms with E-state index < -0.39 is 13.8 Å². The second-order valence-corrected chi connectivity index (χ2v) is 1.86. The monoisotopic (exact) mass is 339 g/mol. The van der Waals surface area contributed by atoms with E-state index in [0.717, 1.165) is 6.92 Å². The van der Waals surface area contributed by atoms with Crippen molar-refractivity contribution >= 4 is 13.8 Å². The van der Waals surface area contributed by atoms with Crippen LogP contribution in [0, 0.1) is 0 Å². The molecule has 0 spiro atoms. The molecule has 0 aromatic rings. The van der Waals surface area contributed by atoms with E-state index in [2.05, 4.69) is 0 Å². The summed E-state index contributed by atoms with van der Waals surface area (Å²) in [5, 5.41) is 7.42. The molecule has 0 atom stereocenters. The van der Waals surface area contributed by atoms with Crippen molar-refractivity contribution in [1.82, 2.24) is 0 Å². The molecule has 0 aliphatic heterocycles. The van der Waals surface area contributed by atoms with E-state index >= 15 is 0 Å². The topological polar surface area (TPSA) is 124 Å². The van der Waals surface area contributed by atoms with Gasteiger partial charge in [0.15, 0.2) is 0 Å². The fourth-order valence-corrected chi connectivity index (χ4v) is 0. The fraction of sp³-hybridized carbons (Fsp3) is 0.500. The molecule has 1 N–H and O–H groups in total. The molecule has 0 rings (SSSR count). The average molecular weight is 339 g/mol. The van der Waals surface area contributed by atoms with Crippen LogP contribution >= 0.6 is 7.82 Å². The van der Waals surface area contributed by atoms with Crippen LogP contribution in [-0.4, -0.2) is 11.1 Å². The van der Waals surface area contributed by atoms with Crippen LogP contribution in [0.2, 0.25) is 0 Å². The Bertz CT molecular complexity index is 115. The van der Waals surface area contributed by atoms with Crippen LogP contribution in [0.15, 0.2) is 0 Å². The van der Waals surface area contributed by atoms with Crippen LogP contribution in [0.25, 0.3) is 0 Å². The third kappa shape index (κ3) is 6070. The maximum Gasteiger partial charge on any atom is 0.300 e. The molecule has 0 amide bonds. The van der Waals surface area contributed by atoms with Gasteiger partial charge in [-0.05, 0) is 0 Å². The molecule has 0 aromatic heterocycles. The van der Waals surface area contributed by atoms with E-state index in [4.69, 9.17) is 29.1 Å². The van der Waals surface area contributed by atoms with Gasteiger partial charge in [-0.2, -0.15) is 7.82 Å². The molecule has 0 unspecified atom stereocenters. The molecule has 0 radical (unpaired) electrons. The summed E-state index contributed by atoms with van der Waals surface area (Å²) < 4.78 is 8.55. The molecule has 0 aliphatic rings. The van der Waals surface area contributed by atoms with Gasteiger partial charge < -0.3 is 24.4 Å². The molecule has 0 saturated carbocycles. The quantitative estimate of drug-likeness (QED) is 0.478. The largest absolute Gasteiger partial charge is 0.822 e. The molecule has 10 heavy (non-hydrogen) atoms. The number of carboxylic acids is 1. The molecule has 0 aliphatic carbocycles. The molecule has 0 fully saturated rings. The maximum absolute atomic E-state index is 9.00. The Hall–Kier alpha value is 0.268. The van der Waals surface area contributed by atoms with E-state index in [1.165, 1.54) is 0 Å². The van der Waals surface area contributed by atoms with Crippen molar-refractivity contribution in [3.8, 4) is 0 Å². The summed E-state index contributed by atoms with van der Waals surface area (Å²) in [6.07, 6.45) is 0. The van der Waals surface area contributed by atoms with Crippen LogP contribution in [0.3, 0.4) is 0 Å². The molecule has 0 aromatic carbocycles. The summed E-state index contributed by atoms with van der Waals surface area (Å²) >= 11 is 0. The molecule has 62 valence electrons. The Balaban J connectivity index is -0.0000000910. The number of hydrogen-bond acceptors (Lipinski definition) is 5. The zero-order valence-corrected chi connectivity index (χ0v) is 8.67. The van der Waals surface area contributed by atoms with E-state index in [-0.39, 0.29) is 21.1 Å². The van der Waals surface area contributed by atoms with E-state index in [9.17, 15) is 0 Å². The van der Waals surface area contributed by atoms with Crippen LogP contribution in [-0.2, 0) is 30.4 Å². The predicted octanol–water partition coefficient (Wildman–Crippen LogP) is -2.74. The van der Waals surface area contributed by atoms with Gasteiger partial charge in [0.1, 0.15) is 0 Å². The molecular weight excluding hydrogens is 335 g/mol. The van der Waals surface area contributed by atoms with E-state index in [0.29, 0.717) is 0 Å². The number of hydrogen-bond donors (Lipinski definition) is 1. The van der Waals surface area contributed by atoms with Gasteiger partial charge in [-0.25, -0.2) is 0 Å². The second kappa shape index (κ2) is 7.38. The minimum Gasteiger partial charge on any atom is -0.822 e. The van der Waals surface area contributed by atoms with Crippen molar-refractivity contribution in [1.29, 1.82) is 0 Å². The Kier molecular flexibility index (Phi) is 12.3. The molecule has 6 nitrogen and oxygen atoms in total. The summed E-state index contributed by atoms with van der Waals surface area (Å²) in [5.74, 6) is -0.833. The standard InChI is InChI=1S/C2H4O2.H3O4P.W/c1-2(3)4;1-5(2,3)4;/h1H3,(H,3,4);(H3,1,2,3,4);/p-3. The Morgan fingerprint density at radius 2 is 1.40 bits per heavy atom. The van der Waals surface area contributed by atoms with Crippen LogP contribution in [0.4, 0.5) is 0 Å². The van der Waals surface area contributed by atoms with Gasteiger partial charge in [-0.15, -0.1) is 0 Å². The van der Waals surface area contributed by atoms with Crippen molar-refractivity contribution < 1.29 is 50.2 Å². The van der Waals surface area contributed by atoms with E-state index in [1.807, 2.05) is 0 Å². The third-order valence-electron chi connectivity index (χ3n) is 0. The van der Waals surface area contributed by atoms with Crippen molar-refractivity contribution in [3.05, 3.63) is 0 Å². The summed E-state index contributed by atoms with van der Waals surface area (Å²) in [6.45, 7) is 1.08. The zero-order valence-electron chi connectivity index (χ0n) is 4.84. The predicted molar refractivity (Wildman–Crippen MR) is 20.9 cm³/mol. The van der Waals surface area contributed by atoms with Gasteiger partial charge >= 0.3 is 0 Å². The molecular formula is C2H4O6PW-3. The first-order chi connectivity index (χ1) is 3.73. The van der Waals surface area contributed by atoms with Crippen LogP contribution in [0.5, 0.6) is 0 Å². The first kappa shape index (κ1) is 16.7. The Morgan fingerprint density at radius 1 is 1.40 bits per heavy atom. The van der Waals surface area contributed by atoms with Crippen molar-refractivity contribution in [2.24, 2.45) is 0 Å². The van der Waals surface area contributed by atoms with Crippen molar-refractivity contribution in [2.75, 3.05) is 0 Å². The molecule has 0 saturated heterocycles. The number of carbonyl (C=O) groups is 1. The van der Waals surface area contributed by atoms with Gasteiger partial charge in [0.25, 0.3) is 5.97 Å². The van der Waals surface area contributed by atoms with E-state index in [1.54, 1.807) is 0 Å². The maximum atomic E-state index is 9.00. The summed E-state index contributed by atoms with van der Waals surface area (Å²) in [6, 6.07) is 0. The average Bonchev–Trinajstić information content (AvgIpc) is 1.19. The first-order valence-corrected chi connectivity index (χ1v) is 3.12. The minimum atomic E-state index is -5.39. The number of phosphoric acid groups is 1. The number of rotatable bonds is 0. The first-order valence-electron chi connectivity index (χ1n) is 1.66. The van der Waals surface area contributed by atoms with Gasteiger partial charge in [-0.3, -0.25) is 4.79 Å². The molecule has 0 heterocycles. The van der Waals surface area contributed by atoms with Gasteiger partial charge in [0.2, 0.25) is 0 Å². The molecule has 8 heteroatoms. The summed E-state index contributed by atoms with van der Waals surface area (Å²) in [7, 11) is -5.39. The van der Waals surface area contributed by atoms with Gasteiger partial charge in [0, 0.05) is 28.0 Å². The number of carboxylic acid groups (broad SMARTS) is 1. The third-order valence-corrected chi connectivity index (χ3v) is 0. The zero-order chi connectivity index (χ0) is 8.08. The Morgan fingerprint density at radius 3 is 1.40 bits per heavy atom. The van der Waals surface area contributed by atoms with Crippen LogP contribution < -0.4 is 14.7 Å². The SMILES string of the molecule is CC(=O)O.O=P([O-])([O-])[O-].[W]. The second-order valence-electron chi connectivity index (χ2n) is 0.966. The summed E-state index contributed by atoms with van der Waals surface area (Å²) in [4.78, 5) is 34.6. The number of aliphatic carboxylic acids is 1. The normalized spacial score (nSPS) is 8.40. The smallest absolute Gasteiger partial charge is 0.300 e. The van der Waals surface area contributed by atoms with Crippen molar-refractivity contribution in [2.45, 2.75) is 6.92 Å². The molecule has 0 bridgehead atoms. The van der Waals surface area contributed by atoms with Gasteiger partial charge in [-0.1, -0.05) is 0 Å². The van der Waals surface area contributed by atoms with Gasteiger partial charge in [0.05, 0.1) is 0 Å². The summed E-state index contributed by atoms with van der Waals surface area (Å²) in [5.41, 5.74) is 0.